The van der Waals surface area contributed by atoms with Gasteiger partial charge in [-0.2, -0.15) is 5.26 Å². The molecule has 0 saturated carbocycles. The second-order valence-corrected chi connectivity index (χ2v) is 13.4. The van der Waals surface area contributed by atoms with Gasteiger partial charge in [0.05, 0.1) is 17.5 Å². The Morgan fingerprint density at radius 3 is 2.50 bits per heavy atom. The molecule has 1 atom stereocenters. The molecule has 1 aromatic carbocycles. The minimum absolute atomic E-state index is 0.0342. The molecule has 44 heavy (non-hydrogen) atoms. The van der Waals surface area contributed by atoms with E-state index in [1.165, 1.54) is 32.0 Å². The molecule has 2 saturated heterocycles. The molecule has 7 rings (SSSR count). The Morgan fingerprint density at radius 1 is 1.14 bits per heavy atom. The number of aliphatic hydroxyl groups excluding tert-OH is 1. The van der Waals surface area contributed by atoms with Crippen molar-refractivity contribution in [2.45, 2.75) is 38.4 Å². The quantitative estimate of drug-likeness (QED) is 0.341. The van der Waals surface area contributed by atoms with E-state index in [-0.39, 0.29) is 16.8 Å². The molecule has 3 aliphatic rings. The highest BCUT2D eigenvalue weighted by Gasteiger charge is 2.55. The Hall–Kier alpha value is -4.25. The molecule has 3 aromatic heterocycles. The number of hydrogen-bond acceptors (Lipinski definition) is 10. The van der Waals surface area contributed by atoms with E-state index >= 15 is 4.39 Å². The predicted octanol–water partition coefficient (Wildman–Crippen LogP) is 4.07. The Bertz CT molecular complexity index is 1870. The Kier molecular flexibility index (Phi) is 6.41. The minimum atomic E-state index is -1.43. The number of rotatable bonds is 5. The van der Waals surface area contributed by atoms with E-state index in [2.05, 4.69) is 11.1 Å². The minimum Gasteiger partial charge on any atom is -0.387 e. The lowest BCUT2D eigenvalue weighted by atomic mass is 9.72. The molecular formula is C31H29F2N7O3S. The van der Waals surface area contributed by atoms with Gasteiger partial charge in [0.2, 0.25) is 0 Å². The van der Waals surface area contributed by atoms with Crippen molar-refractivity contribution in [2.24, 2.45) is 5.41 Å². The van der Waals surface area contributed by atoms with E-state index in [0.717, 1.165) is 16.9 Å². The Labute approximate surface area is 255 Å². The monoisotopic (exact) mass is 617 g/mol. The van der Waals surface area contributed by atoms with Crippen LogP contribution < -0.4 is 9.80 Å². The van der Waals surface area contributed by atoms with Crippen LogP contribution in [0.5, 0.6) is 0 Å². The van der Waals surface area contributed by atoms with Crippen molar-refractivity contribution in [1.82, 2.24) is 19.9 Å². The summed E-state index contributed by atoms with van der Waals surface area (Å²) in [4.78, 5) is 32.3. The lowest BCUT2D eigenvalue weighted by molar-refractivity contribution is -0.162. The average molecular weight is 618 g/mol. The zero-order valence-electron chi connectivity index (χ0n) is 24.3. The fraction of sp³-hybridized carbons (Fsp3) is 0.387. The molecule has 1 spiro atoms. The summed E-state index contributed by atoms with van der Waals surface area (Å²) in [5, 5.41) is 31.1. The highest BCUT2D eigenvalue weighted by molar-refractivity contribution is 7.16. The van der Waals surface area contributed by atoms with Crippen molar-refractivity contribution in [3.05, 3.63) is 58.1 Å². The van der Waals surface area contributed by atoms with Gasteiger partial charge in [-0.05, 0) is 51.0 Å². The van der Waals surface area contributed by atoms with Crippen LogP contribution in [0.4, 0.5) is 25.4 Å². The number of carbonyl (C=O) groups is 1. The third kappa shape index (κ3) is 4.47. The van der Waals surface area contributed by atoms with Gasteiger partial charge < -0.3 is 24.9 Å². The third-order valence-corrected chi connectivity index (χ3v) is 9.70. The van der Waals surface area contributed by atoms with Gasteiger partial charge in [0, 0.05) is 55.8 Å². The number of thiazole rings is 1. The number of pyridine rings is 2. The lowest BCUT2D eigenvalue weighted by Crippen LogP contribution is -2.74. The van der Waals surface area contributed by atoms with E-state index in [4.69, 9.17) is 9.97 Å². The molecular weight excluding hydrogens is 588 g/mol. The summed E-state index contributed by atoms with van der Waals surface area (Å²) in [5.74, 6) is -0.840. The highest BCUT2D eigenvalue weighted by atomic mass is 32.1. The van der Waals surface area contributed by atoms with Gasteiger partial charge in [-0.15, -0.1) is 0 Å². The van der Waals surface area contributed by atoms with Crippen LogP contribution in [0.25, 0.3) is 22.3 Å². The summed E-state index contributed by atoms with van der Waals surface area (Å²) >= 11 is 1.16. The second kappa shape index (κ2) is 9.88. The number of anilines is 3. The van der Waals surface area contributed by atoms with Crippen molar-refractivity contribution in [1.29, 1.82) is 5.26 Å². The average Bonchev–Trinajstić information content (AvgIpc) is 3.54. The number of nitriles is 1. The maximum atomic E-state index is 15.8. The first-order valence-corrected chi connectivity index (χ1v) is 15.1. The number of carbonyl (C=O) groups excluding carboxylic acids is 1. The molecule has 1 aliphatic carbocycles. The number of benzene rings is 1. The normalized spacial score (nSPS) is 18.6. The van der Waals surface area contributed by atoms with Crippen molar-refractivity contribution < 1.29 is 23.8 Å². The van der Waals surface area contributed by atoms with Crippen LogP contribution in [-0.2, 0) is 11.2 Å². The predicted molar refractivity (Wildman–Crippen MR) is 161 cm³/mol. The summed E-state index contributed by atoms with van der Waals surface area (Å²) in [7, 11) is 1.77. The SMILES string of the molecule is CN(c1nc(-c2ccc(F)cc2)c(C#N)s1)c1c2c(nc3c(F)cc(N4CC5(CN(C(=O)C(C)(C)O)C5)C4)nc13)C(O)CC2. The van der Waals surface area contributed by atoms with E-state index < -0.39 is 23.3 Å². The number of hydrogen-bond donors (Lipinski definition) is 2. The fourth-order valence-electron chi connectivity index (χ4n) is 6.53. The van der Waals surface area contributed by atoms with Crippen molar-refractivity contribution in [2.75, 3.05) is 43.0 Å². The van der Waals surface area contributed by atoms with Crippen LogP contribution in [0.15, 0.2) is 30.3 Å². The van der Waals surface area contributed by atoms with Crippen molar-refractivity contribution >= 4 is 44.9 Å². The first-order chi connectivity index (χ1) is 20.9. The largest absolute Gasteiger partial charge is 0.387 e. The van der Waals surface area contributed by atoms with Gasteiger partial charge in [0.15, 0.2) is 10.9 Å². The van der Waals surface area contributed by atoms with Crippen LogP contribution >= 0.6 is 11.3 Å². The molecule has 2 N–H and O–H groups in total. The van der Waals surface area contributed by atoms with Crippen LogP contribution in [0.1, 0.15) is 42.5 Å². The Balaban J connectivity index is 1.25. The van der Waals surface area contributed by atoms with Crippen molar-refractivity contribution in [3.8, 4) is 17.3 Å². The number of aromatic nitrogens is 3. The van der Waals surface area contributed by atoms with Gasteiger partial charge in [0.25, 0.3) is 5.91 Å². The van der Waals surface area contributed by atoms with Crippen LogP contribution in [0, 0.1) is 28.4 Å². The molecule has 1 unspecified atom stereocenters. The first kappa shape index (κ1) is 28.5. The number of likely N-dealkylation sites (tertiary alicyclic amines) is 1. The number of fused-ring (bicyclic) bond motifs is 2. The van der Waals surface area contributed by atoms with Gasteiger partial charge in [-0.3, -0.25) is 4.79 Å². The molecule has 10 nitrogen and oxygen atoms in total. The standard InChI is InChI=1S/C31H29F2N7O3S/c1-30(2,43)28(42)40-14-31(15-40)12-39(13-31)22-10-19(33)25-26(35-22)27(18-8-9-20(41)24(18)36-25)38(3)29-37-23(21(11-34)44-29)16-4-6-17(32)7-5-16/h4-7,10,20,41,43H,8-9,12-15H2,1-3H3. The zero-order chi connectivity index (χ0) is 31.1. The molecule has 13 heteroatoms. The maximum absolute atomic E-state index is 15.8. The molecule has 0 radical (unpaired) electrons. The first-order valence-electron chi connectivity index (χ1n) is 14.3. The molecule has 2 fully saturated rings. The van der Waals surface area contributed by atoms with E-state index in [1.54, 1.807) is 29.0 Å². The maximum Gasteiger partial charge on any atom is 0.253 e. The van der Waals surface area contributed by atoms with Gasteiger partial charge in [-0.25, -0.2) is 23.7 Å². The smallest absolute Gasteiger partial charge is 0.253 e. The van der Waals surface area contributed by atoms with Crippen LogP contribution in [0.2, 0.25) is 0 Å². The number of nitrogens with zero attached hydrogens (tertiary/aromatic N) is 7. The summed E-state index contributed by atoms with van der Waals surface area (Å²) in [6.07, 6.45) is 0.0981. The fourth-order valence-corrected chi connectivity index (χ4v) is 7.38. The van der Waals surface area contributed by atoms with Gasteiger partial charge in [-0.1, -0.05) is 11.3 Å². The van der Waals surface area contributed by atoms with E-state index in [1.807, 2.05) is 4.90 Å². The second-order valence-electron chi connectivity index (χ2n) is 12.5. The molecule has 4 aromatic rings. The Morgan fingerprint density at radius 2 is 1.84 bits per heavy atom. The molecule has 2 aliphatic heterocycles. The lowest BCUT2D eigenvalue weighted by Gasteiger charge is -2.61. The van der Waals surface area contributed by atoms with E-state index in [0.29, 0.717) is 83.0 Å². The zero-order valence-corrected chi connectivity index (χ0v) is 25.1. The van der Waals surface area contributed by atoms with E-state index in [9.17, 15) is 24.7 Å². The van der Waals surface area contributed by atoms with Crippen LogP contribution in [-0.4, -0.2) is 74.8 Å². The number of halogens is 2. The molecule has 0 bridgehead atoms. The van der Waals surface area contributed by atoms with Gasteiger partial charge >= 0.3 is 0 Å². The molecule has 1 amide bonds. The van der Waals surface area contributed by atoms with Gasteiger partial charge in [0.1, 0.15) is 44.9 Å². The summed E-state index contributed by atoms with van der Waals surface area (Å²) in [5.41, 5.74) is 1.52. The summed E-state index contributed by atoms with van der Waals surface area (Å²) < 4.78 is 29.3. The van der Waals surface area contributed by atoms with Crippen molar-refractivity contribution in [3.63, 3.8) is 0 Å². The summed E-state index contributed by atoms with van der Waals surface area (Å²) in [6.45, 7) is 5.16. The highest BCUT2D eigenvalue weighted by Crippen LogP contribution is 2.46. The topological polar surface area (TPSA) is 130 Å². The molecule has 5 heterocycles. The third-order valence-electron chi connectivity index (χ3n) is 8.66. The summed E-state index contributed by atoms with van der Waals surface area (Å²) in [6, 6.07) is 9.28. The number of amides is 1. The van der Waals surface area contributed by atoms with Crippen LogP contribution in [0.3, 0.4) is 0 Å². The number of aliphatic hydroxyl groups is 2. The molecule has 226 valence electrons.